The summed E-state index contributed by atoms with van der Waals surface area (Å²) in [6.07, 6.45) is 0.779. The Bertz CT molecular complexity index is 611. The lowest BCUT2D eigenvalue weighted by atomic mass is 10.1. The molecule has 1 heterocycles. The SMILES string of the molecule is CCc1nc(Br)cc(Oc2cc(C)cc(C)c2C)n1. The van der Waals surface area contributed by atoms with Crippen LogP contribution in [0.25, 0.3) is 0 Å². The van der Waals surface area contributed by atoms with E-state index in [4.69, 9.17) is 4.74 Å². The normalized spacial score (nSPS) is 10.6. The second-order valence-corrected chi connectivity index (χ2v) is 5.42. The monoisotopic (exact) mass is 320 g/mol. The Hall–Kier alpha value is -1.42. The molecular formula is C15H17BrN2O. The zero-order valence-corrected chi connectivity index (χ0v) is 13.2. The van der Waals surface area contributed by atoms with Crippen LogP contribution in [0, 0.1) is 20.8 Å². The molecule has 0 aliphatic rings. The predicted molar refractivity (Wildman–Crippen MR) is 79.8 cm³/mol. The average molecular weight is 321 g/mol. The molecule has 0 spiro atoms. The van der Waals surface area contributed by atoms with Gasteiger partial charge in [-0.05, 0) is 59.5 Å². The topological polar surface area (TPSA) is 35.0 Å². The van der Waals surface area contributed by atoms with E-state index in [2.05, 4.69) is 52.7 Å². The van der Waals surface area contributed by atoms with Crippen molar-refractivity contribution in [2.24, 2.45) is 0 Å². The Kier molecular flexibility index (Phi) is 4.20. The Balaban J connectivity index is 2.38. The van der Waals surface area contributed by atoms with Crippen LogP contribution < -0.4 is 4.74 Å². The zero-order valence-electron chi connectivity index (χ0n) is 11.6. The van der Waals surface area contributed by atoms with Crippen molar-refractivity contribution in [3.8, 4) is 11.6 Å². The van der Waals surface area contributed by atoms with Crippen molar-refractivity contribution in [1.29, 1.82) is 0 Å². The van der Waals surface area contributed by atoms with Gasteiger partial charge in [-0.2, -0.15) is 4.98 Å². The van der Waals surface area contributed by atoms with Gasteiger partial charge in [-0.25, -0.2) is 4.98 Å². The van der Waals surface area contributed by atoms with Crippen LogP contribution in [0.3, 0.4) is 0 Å². The zero-order chi connectivity index (χ0) is 14.0. The second kappa shape index (κ2) is 5.70. The second-order valence-electron chi connectivity index (χ2n) is 4.61. The standard InChI is InChI=1S/C15H17BrN2O/c1-5-14-17-13(16)8-15(18-14)19-12-7-9(2)6-10(3)11(12)4/h6-8H,5H2,1-4H3. The number of benzene rings is 1. The van der Waals surface area contributed by atoms with Crippen molar-refractivity contribution in [2.75, 3.05) is 0 Å². The molecule has 0 bridgehead atoms. The number of ether oxygens (including phenoxy) is 1. The largest absolute Gasteiger partial charge is 0.439 e. The van der Waals surface area contributed by atoms with Gasteiger partial charge in [0.25, 0.3) is 0 Å². The molecule has 19 heavy (non-hydrogen) atoms. The first kappa shape index (κ1) is 14.0. The van der Waals surface area contributed by atoms with E-state index < -0.39 is 0 Å². The maximum absolute atomic E-state index is 5.91. The number of hydrogen-bond donors (Lipinski definition) is 0. The van der Waals surface area contributed by atoms with Gasteiger partial charge in [0.2, 0.25) is 5.88 Å². The molecule has 0 aliphatic heterocycles. The molecule has 2 rings (SSSR count). The van der Waals surface area contributed by atoms with Gasteiger partial charge in [-0.15, -0.1) is 0 Å². The lowest BCUT2D eigenvalue weighted by molar-refractivity contribution is 0.454. The maximum atomic E-state index is 5.91. The molecule has 1 aromatic carbocycles. The molecule has 0 fully saturated rings. The summed E-state index contributed by atoms with van der Waals surface area (Å²) < 4.78 is 6.66. The molecule has 4 heteroatoms. The number of aryl methyl sites for hydroxylation is 3. The van der Waals surface area contributed by atoms with Crippen molar-refractivity contribution >= 4 is 15.9 Å². The quantitative estimate of drug-likeness (QED) is 0.780. The molecule has 100 valence electrons. The van der Waals surface area contributed by atoms with E-state index in [0.717, 1.165) is 28.2 Å². The summed E-state index contributed by atoms with van der Waals surface area (Å²) in [5.41, 5.74) is 3.54. The number of nitrogens with zero attached hydrogens (tertiary/aromatic N) is 2. The lowest BCUT2D eigenvalue weighted by Gasteiger charge is -2.12. The molecule has 2 aromatic rings. The van der Waals surface area contributed by atoms with E-state index >= 15 is 0 Å². The molecule has 0 amide bonds. The Labute approximate surface area is 122 Å². The van der Waals surface area contributed by atoms with Gasteiger partial charge in [-0.1, -0.05) is 13.0 Å². The predicted octanol–water partition coefficient (Wildman–Crippen LogP) is 4.52. The van der Waals surface area contributed by atoms with E-state index in [-0.39, 0.29) is 0 Å². The van der Waals surface area contributed by atoms with Crippen LogP contribution in [-0.2, 0) is 6.42 Å². The highest BCUT2D eigenvalue weighted by atomic mass is 79.9. The van der Waals surface area contributed by atoms with Crippen molar-refractivity contribution in [2.45, 2.75) is 34.1 Å². The highest BCUT2D eigenvalue weighted by Crippen LogP contribution is 2.28. The van der Waals surface area contributed by atoms with E-state index in [9.17, 15) is 0 Å². The highest BCUT2D eigenvalue weighted by Gasteiger charge is 2.08. The van der Waals surface area contributed by atoms with E-state index in [0.29, 0.717) is 5.88 Å². The van der Waals surface area contributed by atoms with Crippen LogP contribution in [-0.4, -0.2) is 9.97 Å². The summed E-state index contributed by atoms with van der Waals surface area (Å²) in [6.45, 7) is 8.23. The smallest absolute Gasteiger partial charge is 0.223 e. The van der Waals surface area contributed by atoms with Crippen LogP contribution in [0.1, 0.15) is 29.4 Å². The van der Waals surface area contributed by atoms with E-state index in [1.54, 1.807) is 6.07 Å². The first-order valence-electron chi connectivity index (χ1n) is 6.28. The molecule has 0 radical (unpaired) electrons. The summed E-state index contributed by atoms with van der Waals surface area (Å²) in [6, 6.07) is 5.97. The third-order valence-corrected chi connectivity index (χ3v) is 3.42. The van der Waals surface area contributed by atoms with Gasteiger partial charge < -0.3 is 4.74 Å². The molecule has 0 N–H and O–H groups in total. The fourth-order valence-corrected chi connectivity index (χ4v) is 2.27. The van der Waals surface area contributed by atoms with Crippen LogP contribution in [0.2, 0.25) is 0 Å². The van der Waals surface area contributed by atoms with Gasteiger partial charge in [0.15, 0.2) is 0 Å². The lowest BCUT2D eigenvalue weighted by Crippen LogP contribution is -1.98. The van der Waals surface area contributed by atoms with Crippen molar-refractivity contribution < 1.29 is 4.74 Å². The summed E-state index contributed by atoms with van der Waals surface area (Å²) in [4.78, 5) is 8.66. The van der Waals surface area contributed by atoms with Gasteiger partial charge in [-0.3, -0.25) is 0 Å². The summed E-state index contributed by atoms with van der Waals surface area (Å²) in [5.74, 6) is 2.20. The van der Waals surface area contributed by atoms with Crippen molar-refractivity contribution in [3.05, 3.63) is 45.3 Å². The fourth-order valence-electron chi connectivity index (χ4n) is 1.87. The van der Waals surface area contributed by atoms with Crippen LogP contribution in [0.4, 0.5) is 0 Å². The Morgan fingerprint density at radius 3 is 2.53 bits per heavy atom. The molecule has 0 aliphatic carbocycles. The summed E-state index contributed by atoms with van der Waals surface area (Å²) in [5, 5.41) is 0. The van der Waals surface area contributed by atoms with Crippen LogP contribution >= 0.6 is 15.9 Å². The van der Waals surface area contributed by atoms with Gasteiger partial charge in [0.05, 0.1) is 0 Å². The Morgan fingerprint density at radius 2 is 1.84 bits per heavy atom. The van der Waals surface area contributed by atoms with Crippen LogP contribution in [0.15, 0.2) is 22.8 Å². The minimum atomic E-state index is 0.576. The number of aromatic nitrogens is 2. The van der Waals surface area contributed by atoms with Gasteiger partial charge >= 0.3 is 0 Å². The summed E-state index contributed by atoms with van der Waals surface area (Å²) in [7, 11) is 0. The number of hydrogen-bond acceptors (Lipinski definition) is 3. The summed E-state index contributed by atoms with van der Waals surface area (Å²) >= 11 is 3.38. The third kappa shape index (κ3) is 3.32. The van der Waals surface area contributed by atoms with E-state index in [1.807, 2.05) is 13.0 Å². The average Bonchev–Trinajstić information content (AvgIpc) is 2.34. The molecule has 0 unspecified atom stereocenters. The molecule has 3 nitrogen and oxygen atoms in total. The van der Waals surface area contributed by atoms with Crippen LogP contribution in [0.5, 0.6) is 11.6 Å². The van der Waals surface area contributed by atoms with Gasteiger partial charge in [0.1, 0.15) is 16.2 Å². The molecule has 1 aromatic heterocycles. The van der Waals surface area contributed by atoms with Crippen molar-refractivity contribution in [1.82, 2.24) is 9.97 Å². The highest BCUT2D eigenvalue weighted by molar-refractivity contribution is 9.10. The molecule has 0 atom stereocenters. The first-order valence-corrected chi connectivity index (χ1v) is 7.08. The molecule has 0 saturated carbocycles. The Morgan fingerprint density at radius 1 is 1.11 bits per heavy atom. The number of rotatable bonds is 3. The van der Waals surface area contributed by atoms with Crippen molar-refractivity contribution in [3.63, 3.8) is 0 Å². The minimum Gasteiger partial charge on any atom is -0.439 e. The van der Waals surface area contributed by atoms with E-state index in [1.165, 1.54) is 11.1 Å². The fraction of sp³-hybridized carbons (Fsp3) is 0.333. The molecule has 0 saturated heterocycles. The third-order valence-electron chi connectivity index (χ3n) is 3.01. The maximum Gasteiger partial charge on any atom is 0.223 e. The molecular weight excluding hydrogens is 304 g/mol. The first-order chi connectivity index (χ1) is 8.99. The minimum absolute atomic E-state index is 0.576. The van der Waals surface area contributed by atoms with Gasteiger partial charge in [0, 0.05) is 12.5 Å². The number of halogens is 1.